The molecule has 0 amide bonds. The SMILES string of the molecule is C=C1NCc2cc(-c3ccc(C=NC)c(N)c3)c(-c3ccc(F)cc3)cc21. The summed E-state index contributed by atoms with van der Waals surface area (Å²) in [5.41, 5.74) is 15.0. The van der Waals surface area contributed by atoms with E-state index in [1.165, 1.54) is 17.7 Å². The predicted octanol–water partition coefficient (Wildman–Crippen LogP) is 4.86. The largest absolute Gasteiger partial charge is 0.398 e. The fourth-order valence-electron chi connectivity index (χ4n) is 3.47. The predicted molar refractivity (Wildman–Crippen MR) is 111 cm³/mol. The Morgan fingerprint density at radius 3 is 2.41 bits per heavy atom. The van der Waals surface area contributed by atoms with Crippen molar-refractivity contribution in [1.29, 1.82) is 0 Å². The molecule has 0 radical (unpaired) electrons. The van der Waals surface area contributed by atoms with Crippen LogP contribution in [0.3, 0.4) is 0 Å². The van der Waals surface area contributed by atoms with Gasteiger partial charge in [-0.05, 0) is 58.1 Å². The van der Waals surface area contributed by atoms with Crippen molar-refractivity contribution < 1.29 is 4.39 Å². The number of nitrogens with two attached hydrogens (primary N) is 1. The minimum absolute atomic E-state index is 0.250. The number of hydrogen-bond donors (Lipinski definition) is 2. The third kappa shape index (κ3) is 3.10. The summed E-state index contributed by atoms with van der Waals surface area (Å²) in [7, 11) is 1.72. The first kappa shape index (κ1) is 17.0. The lowest BCUT2D eigenvalue weighted by Crippen LogP contribution is -1.98. The van der Waals surface area contributed by atoms with Gasteiger partial charge in [-0.25, -0.2) is 4.39 Å². The van der Waals surface area contributed by atoms with E-state index < -0.39 is 0 Å². The van der Waals surface area contributed by atoms with E-state index in [0.717, 1.165) is 45.6 Å². The van der Waals surface area contributed by atoms with E-state index in [1.807, 2.05) is 18.2 Å². The van der Waals surface area contributed by atoms with Crippen LogP contribution in [0.5, 0.6) is 0 Å². The van der Waals surface area contributed by atoms with Gasteiger partial charge in [-0.2, -0.15) is 0 Å². The van der Waals surface area contributed by atoms with E-state index in [1.54, 1.807) is 25.4 Å². The Bertz CT molecular complexity index is 1070. The van der Waals surface area contributed by atoms with Crippen molar-refractivity contribution >= 4 is 17.6 Å². The lowest BCUT2D eigenvalue weighted by atomic mass is 9.90. The molecular formula is C23H20FN3. The molecule has 0 fully saturated rings. The van der Waals surface area contributed by atoms with Crippen LogP contribution in [0.1, 0.15) is 16.7 Å². The van der Waals surface area contributed by atoms with Crippen LogP contribution in [0.4, 0.5) is 10.1 Å². The first-order valence-corrected chi connectivity index (χ1v) is 8.75. The van der Waals surface area contributed by atoms with Crippen molar-refractivity contribution in [3.05, 3.63) is 83.7 Å². The summed E-state index contributed by atoms with van der Waals surface area (Å²) < 4.78 is 13.4. The third-order valence-corrected chi connectivity index (χ3v) is 4.88. The fraction of sp³-hybridized carbons (Fsp3) is 0.0870. The molecule has 0 atom stereocenters. The average molecular weight is 357 g/mol. The summed E-state index contributed by atoms with van der Waals surface area (Å²) in [5, 5.41) is 3.29. The number of hydrogen-bond acceptors (Lipinski definition) is 3. The molecule has 1 aliphatic rings. The van der Waals surface area contributed by atoms with Gasteiger partial charge in [0, 0.05) is 42.3 Å². The van der Waals surface area contributed by atoms with Gasteiger partial charge in [-0.3, -0.25) is 4.99 Å². The zero-order chi connectivity index (χ0) is 19.0. The normalized spacial score (nSPS) is 13.0. The van der Waals surface area contributed by atoms with Gasteiger partial charge in [0.2, 0.25) is 0 Å². The maximum absolute atomic E-state index is 13.4. The van der Waals surface area contributed by atoms with Crippen molar-refractivity contribution in [2.24, 2.45) is 4.99 Å². The molecule has 3 N–H and O–H groups in total. The molecular weight excluding hydrogens is 337 g/mol. The van der Waals surface area contributed by atoms with Gasteiger partial charge in [0.25, 0.3) is 0 Å². The molecule has 0 unspecified atom stereocenters. The summed E-state index contributed by atoms with van der Waals surface area (Å²) in [5.74, 6) is -0.250. The second-order valence-corrected chi connectivity index (χ2v) is 6.62. The summed E-state index contributed by atoms with van der Waals surface area (Å²) in [4.78, 5) is 4.04. The number of halogens is 1. The molecule has 1 heterocycles. The minimum atomic E-state index is -0.250. The van der Waals surface area contributed by atoms with Crippen LogP contribution in [-0.4, -0.2) is 13.3 Å². The lowest BCUT2D eigenvalue weighted by Gasteiger charge is -2.14. The smallest absolute Gasteiger partial charge is 0.123 e. The van der Waals surface area contributed by atoms with E-state index in [4.69, 9.17) is 5.73 Å². The molecule has 4 rings (SSSR count). The highest BCUT2D eigenvalue weighted by Crippen LogP contribution is 2.38. The zero-order valence-corrected chi connectivity index (χ0v) is 15.1. The summed E-state index contributed by atoms with van der Waals surface area (Å²) in [6.45, 7) is 4.84. The van der Waals surface area contributed by atoms with Gasteiger partial charge in [0.15, 0.2) is 0 Å². The van der Waals surface area contributed by atoms with Gasteiger partial charge in [-0.15, -0.1) is 0 Å². The summed E-state index contributed by atoms with van der Waals surface area (Å²) >= 11 is 0. The zero-order valence-electron chi connectivity index (χ0n) is 15.1. The number of nitrogens with zero attached hydrogens (tertiary/aromatic N) is 1. The third-order valence-electron chi connectivity index (χ3n) is 4.88. The topological polar surface area (TPSA) is 50.4 Å². The van der Waals surface area contributed by atoms with Crippen molar-refractivity contribution in [2.45, 2.75) is 6.54 Å². The monoisotopic (exact) mass is 357 g/mol. The second-order valence-electron chi connectivity index (χ2n) is 6.62. The molecule has 3 aromatic carbocycles. The number of nitrogens with one attached hydrogen (secondary N) is 1. The van der Waals surface area contributed by atoms with Crippen LogP contribution in [0, 0.1) is 5.82 Å². The quantitative estimate of drug-likeness (QED) is 0.519. The fourth-order valence-corrected chi connectivity index (χ4v) is 3.47. The number of nitrogen functional groups attached to an aromatic ring is 1. The van der Waals surface area contributed by atoms with E-state index in [9.17, 15) is 4.39 Å². The molecule has 0 spiro atoms. The summed E-state index contributed by atoms with van der Waals surface area (Å²) in [6.07, 6.45) is 1.75. The molecule has 0 aliphatic carbocycles. The Balaban J connectivity index is 1.93. The van der Waals surface area contributed by atoms with E-state index >= 15 is 0 Å². The molecule has 0 saturated carbocycles. The maximum atomic E-state index is 13.4. The Labute approximate surface area is 158 Å². The van der Waals surface area contributed by atoms with Crippen molar-refractivity contribution in [1.82, 2.24) is 5.32 Å². The van der Waals surface area contributed by atoms with Crippen LogP contribution < -0.4 is 11.1 Å². The molecule has 0 saturated heterocycles. The average Bonchev–Trinajstić information content (AvgIpc) is 3.03. The minimum Gasteiger partial charge on any atom is -0.398 e. The first-order valence-electron chi connectivity index (χ1n) is 8.75. The number of aliphatic imine (C=N–C) groups is 1. The Hall–Kier alpha value is -3.40. The molecule has 4 heteroatoms. The highest BCUT2D eigenvalue weighted by atomic mass is 19.1. The highest BCUT2D eigenvalue weighted by molar-refractivity contribution is 5.92. The van der Waals surface area contributed by atoms with E-state index in [2.05, 4.69) is 29.0 Å². The number of benzene rings is 3. The van der Waals surface area contributed by atoms with Gasteiger partial charge < -0.3 is 11.1 Å². The highest BCUT2D eigenvalue weighted by Gasteiger charge is 2.19. The number of rotatable bonds is 3. The first-order chi connectivity index (χ1) is 13.1. The molecule has 0 aromatic heterocycles. The number of anilines is 1. The van der Waals surface area contributed by atoms with Gasteiger partial charge in [0.1, 0.15) is 5.82 Å². The molecule has 3 aromatic rings. The van der Waals surface area contributed by atoms with Gasteiger partial charge in [-0.1, -0.05) is 30.8 Å². The van der Waals surface area contributed by atoms with Crippen LogP contribution in [0.2, 0.25) is 0 Å². The molecule has 134 valence electrons. The van der Waals surface area contributed by atoms with Crippen molar-refractivity contribution in [3.8, 4) is 22.3 Å². The van der Waals surface area contributed by atoms with Crippen molar-refractivity contribution in [3.63, 3.8) is 0 Å². The van der Waals surface area contributed by atoms with E-state index in [-0.39, 0.29) is 5.82 Å². The molecule has 27 heavy (non-hydrogen) atoms. The Kier molecular flexibility index (Phi) is 4.24. The van der Waals surface area contributed by atoms with Crippen LogP contribution in [-0.2, 0) is 6.54 Å². The molecule has 0 bridgehead atoms. The van der Waals surface area contributed by atoms with E-state index in [0.29, 0.717) is 5.69 Å². The van der Waals surface area contributed by atoms with Crippen LogP contribution in [0.15, 0.2) is 66.2 Å². The van der Waals surface area contributed by atoms with Crippen LogP contribution in [0.25, 0.3) is 28.0 Å². The van der Waals surface area contributed by atoms with Crippen molar-refractivity contribution in [2.75, 3.05) is 12.8 Å². The molecule has 3 nitrogen and oxygen atoms in total. The van der Waals surface area contributed by atoms with Gasteiger partial charge in [0.05, 0.1) is 0 Å². The summed E-state index contributed by atoms with van der Waals surface area (Å²) in [6, 6.07) is 16.8. The van der Waals surface area contributed by atoms with Gasteiger partial charge >= 0.3 is 0 Å². The maximum Gasteiger partial charge on any atom is 0.123 e. The molecule has 1 aliphatic heterocycles. The Morgan fingerprint density at radius 1 is 1.00 bits per heavy atom. The standard InChI is InChI=1S/C23H20FN3/c1-14-20-11-22(15-5-7-19(24)8-6-15)21(9-18(20)13-27-14)16-3-4-17(12-26-2)23(25)10-16/h3-12,27H,1,13,25H2,2H3. The van der Waals surface area contributed by atoms with Crippen LogP contribution >= 0.6 is 0 Å². The Morgan fingerprint density at radius 2 is 1.70 bits per heavy atom. The second kappa shape index (κ2) is 6.72. The lowest BCUT2D eigenvalue weighted by molar-refractivity contribution is 0.628. The number of fused-ring (bicyclic) bond motifs is 1.